The van der Waals surface area contributed by atoms with Crippen LogP contribution in [0.1, 0.15) is 25.8 Å². The van der Waals surface area contributed by atoms with E-state index in [2.05, 4.69) is 4.99 Å². The van der Waals surface area contributed by atoms with Crippen LogP contribution in [0, 0.1) is 11.6 Å². The van der Waals surface area contributed by atoms with Gasteiger partial charge in [0.1, 0.15) is 11.6 Å². The van der Waals surface area contributed by atoms with Gasteiger partial charge in [-0.05, 0) is 26.0 Å². The molecule has 0 aliphatic heterocycles. The Balaban J connectivity index is 2.65. The van der Waals surface area contributed by atoms with Crippen molar-refractivity contribution in [2.75, 3.05) is 6.61 Å². The fourth-order valence-electron chi connectivity index (χ4n) is 1.37. The molecule has 0 aromatic heterocycles. The van der Waals surface area contributed by atoms with Gasteiger partial charge in [-0.3, -0.25) is 9.79 Å². The van der Waals surface area contributed by atoms with Crippen molar-refractivity contribution in [3.8, 4) is 0 Å². The molecule has 5 heteroatoms. The summed E-state index contributed by atoms with van der Waals surface area (Å²) < 4.78 is 31.3. The highest BCUT2D eigenvalue weighted by Gasteiger charge is 2.08. The first-order chi connectivity index (χ1) is 8.54. The molecule has 0 amide bonds. The van der Waals surface area contributed by atoms with E-state index < -0.39 is 17.6 Å². The van der Waals surface area contributed by atoms with Crippen molar-refractivity contribution in [1.29, 1.82) is 0 Å². The molecule has 0 saturated carbocycles. The maximum atomic E-state index is 13.3. The van der Waals surface area contributed by atoms with E-state index in [1.807, 2.05) is 0 Å². The predicted molar refractivity (Wildman–Crippen MR) is 64.4 cm³/mol. The summed E-state index contributed by atoms with van der Waals surface area (Å²) in [6.45, 7) is 3.51. The molecule has 3 nitrogen and oxygen atoms in total. The normalized spacial score (nSPS) is 11.4. The van der Waals surface area contributed by atoms with Gasteiger partial charge in [-0.1, -0.05) is 6.07 Å². The van der Waals surface area contributed by atoms with Crippen LogP contribution in [0.2, 0.25) is 0 Å². The van der Waals surface area contributed by atoms with Crippen LogP contribution in [0.25, 0.3) is 0 Å². The zero-order chi connectivity index (χ0) is 13.5. The van der Waals surface area contributed by atoms with Gasteiger partial charge in [0.05, 0.1) is 19.6 Å². The van der Waals surface area contributed by atoms with E-state index in [0.29, 0.717) is 12.3 Å². The molecular formula is C13H15F2NO2. The second kappa shape index (κ2) is 6.83. The number of carbonyl (C=O) groups excluding carboxylic acids is 1. The number of aliphatic imine (C=N–C) groups is 1. The highest BCUT2D eigenvalue weighted by molar-refractivity contribution is 5.97. The minimum Gasteiger partial charge on any atom is -0.466 e. The van der Waals surface area contributed by atoms with Gasteiger partial charge in [-0.2, -0.15) is 0 Å². The Morgan fingerprint density at radius 3 is 2.50 bits per heavy atom. The highest BCUT2D eigenvalue weighted by atomic mass is 19.1. The molecule has 0 radical (unpaired) electrons. The van der Waals surface area contributed by atoms with E-state index >= 15 is 0 Å². The zero-order valence-corrected chi connectivity index (χ0v) is 10.4. The summed E-state index contributed by atoms with van der Waals surface area (Å²) in [5.41, 5.74) is 0.386. The van der Waals surface area contributed by atoms with Crippen LogP contribution in [0.15, 0.2) is 23.2 Å². The standard InChI is InChI=1S/C13H15F2NO2/c1-3-18-13(17)7-9(2)16-8-10-11(14)5-4-6-12(10)15/h4-6H,3,7-8H2,1-2H3. The van der Waals surface area contributed by atoms with Crippen molar-refractivity contribution in [2.24, 2.45) is 4.99 Å². The highest BCUT2D eigenvalue weighted by Crippen LogP contribution is 2.13. The summed E-state index contributed by atoms with van der Waals surface area (Å²) in [4.78, 5) is 15.1. The second-order valence-corrected chi connectivity index (χ2v) is 3.73. The number of ether oxygens (including phenoxy) is 1. The molecule has 1 rings (SSSR count). The number of carbonyl (C=O) groups is 1. The van der Waals surface area contributed by atoms with E-state index in [1.165, 1.54) is 18.2 Å². The van der Waals surface area contributed by atoms with Gasteiger partial charge in [-0.15, -0.1) is 0 Å². The van der Waals surface area contributed by atoms with Crippen LogP contribution in [-0.4, -0.2) is 18.3 Å². The van der Waals surface area contributed by atoms with Gasteiger partial charge in [0.15, 0.2) is 0 Å². The summed E-state index contributed by atoms with van der Waals surface area (Å²) in [6.07, 6.45) is 0.0317. The maximum absolute atomic E-state index is 13.3. The minimum absolute atomic E-state index is 0.0317. The summed E-state index contributed by atoms with van der Waals surface area (Å²) in [6, 6.07) is 3.65. The number of hydrogen-bond acceptors (Lipinski definition) is 3. The molecule has 0 aliphatic rings. The Kier molecular flexibility index (Phi) is 5.42. The Bertz CT molecular complexity index is 438. The van der Waals surface area contributed by atoms with Crippen LogP contribution in [0.3, 0.4) is 0 Å². The van der Waals surface area contributed by atoms with Gasteiger partial charge in [0.25, 0.3) is 0 Å². The number of hydrogen-bond donors (Lipinski definition) is 0. The summed E-state index contributed by atoms with van der Waals surface area (Å²) in [5.74, 6) is -1.67. The molecular weight excluding hydrogens is 240 g/mol. The van der Waals surface area contributed by atoms with Crippen LogP contribution < -0.4 is 0 Å². The van der Waals surface area contributed by atoms with Crippen LogP contribution >= 0.6 is 0 Å². The van der Waals surface area contributed by atoms with Gasteiger partial charge in [0.2, 0.25) is 0 Å². The van der Waals surface area contributed by atoms with Gasteiger partial charge in [-0.25, -0.2) is 8.78 Å². The lowest BCUT2D eigenvalue weighted by molar-refractivity contribution is -0.141. The smallest absolute Gasteiger partial charge is 0.311 e. The van der Waals surface area contributed by atoms with E-state index in [0.717, 1.165) is 0 Å². The quantitative estimate of drug-likeness (QED) is 0.599. The van der Waals surface area contributed by atoms with Crippen molar-refractivity contribution >= 4 is 11.7 Å². The van der Waals surface area contributed by atoms with Crippen molar-refractivity contribution in [1.82, 2.24) is 0 Å². The van der Waals surface area contributed by atoms with Crippen molar-refractivity contribution in [3.63, 3.8) is 0 Å². The lowest BCUT2D eigenvalue weighted by Crippen LogP contribution is -2.09. The third kappa shape index (κ3) is 4.24. The van der Waals surface area contributed by atoms with E-state index in [9.17, 15) is 13.6 Å². The SMILES string of the molecule is CCOC(=O)CC(C)=NCc1c(F)cccc1F. The molecule has 0 spiro atoms. The molecule has 0 bridgehead atoms. The van der Waals surface area contributed by atoms with Gasteiger partial charge in [0, 0.05) is 11.3 Å². The van der Waals surface area contributed by atoms with Gasteiger partial charge >= 0.3 is 5.97 Å². The molecule has 0 heterocycles. The van der Waals surface area contributed by atoms with E-state index in [-0.39, 0.29) is 18.5 Å². The average molecular weight is 255 g/mol. The van der Waals surface area contributed by atoms with E-state index in [4.69, 9.17) is 4.74 Å². The topological polar surface area (TPSA) is 38.7 Å². The lowest BCUT2D eigenvalue weighted by atomic mass is 10.2. The average Bonchev–Trinajstić information content (AvgIpc) is 2.28. The fourth-order valence-corrected chi connectivity index (χ4v) is 1.37. The summed E-state index contributed by atoms with van der Waals surface area (Å²) in [7, 11) is 0. The van der Waals surface area contributed by atoms with Gasteiger partial charge < -0.3 is 4.74 Å². The Hall–Kier alpha value is -1.78. The van der Waals surface area contributed by atoms with Crippen LogP contribution in [0.5, 0.6) is 0 Å². The molecule has 1 aromatic carbocycles. The predicted octanol–water partition coefficient (Wildman–Crippen LogP) is 2.88. The Labute approximate surface area is 104 Å². The first kappa shape index (κ1) is 14.3. The molecule has 0 atom stereocenters. The maximum Gasteiger partial charge on any atom is 0.311 e. The monoisotopic (exact) mass is 255 g/mol. The third-order valence-corrected chi connectivity index (χ3v) is 2.27. The first-order valence-corrected chi connectivity index (χ1v) is 5.63. The molecule has 0 N–H and O–H groups in total. The fraction of sp³-hybridized carbons (Fsp3) is 0.385. The zero-order valence-electron chi connectivity index (χ0n) is 10.4. The number of rotatable bonds is 5. The molecule has 18 heavy (non-hydrogen) atoms. The van der Waals surface area contributed by atoms with Crippen molar-refractivity contribution < 1.29 is 18.3 Å². The molecule has 0 aliphatic carbocycles. The molecule has 0 fully saturated rings. The first-order valence-electron chi connectivity index (χ1n) is 5.63. The van der Waals surface area contributed by atoms with Crippen molar-refractivity contribution in [3.05, 3.63) is 35.4 Å². The largest absolute Gasteiger partial charge is 0.466 e. The molecule has 98 valence electrons. The number of nitrogens with zero attached hydrogens (tertiary/aromatic N) is 1. The molecule has 0 saturated heterocycles. The minimum atomic E-state index is -0.636. The van der Waals surface area contributed by atoms with Crippen LogP contribution in [0.4, 0.5) is 8.78 Å². The number of halogens is 2. The molecule has 1 aromatic rings. The molecule has 0 unspecified atom stereocenters. The third-order valence-electron chi connectivity index (χ3n) is 2.27. The summed E-state index contributed by atoms with van der Waals surface area (Å²) in [5, 5.41) is 0. The van der Waals surface area contributed by atoms with Crippen LogP contribution in [-0.2, 0) is 16.1 Å². The number of esters is 1. The lowest BCUT2D eigenvalue weighted by Gasteiger charge is -2.03. The Morgan fingerprint density at radius 1 is 1.33 bits per heavy atom. The number of benzene rings is 1. The Morgan fingerprint density at radius 2 is 1.94 bits per heavy atom. The summed E-state index contributed by atoms with van der Waals surface area (Å²) >= 11 is 0. The van der Waals surface area contributed by atoms with E-state index in [1.54, 1.807) is 13.8 Å². The van der Waals surface area contributed by atoms with Crippen molar-refractivity contribution in [2.45, 2.75) is 26.8 Å². The second-order valence-electron chi connectivity index (χ2n) is 3.73.